The van der Waals surface area contributed by atoms with Gasteiger partial charge in [-0.05, 0) is 156 Å². The highest BCUT2D eigenvalue weighted by atomic mass is 16.8. The molecule has 40 heavy (non-hydrogen) atoms. The van der Waals surface area contributed by atoms with Crippen LogP contribution in [0.5, 0.6) is 0 Å². The van der Waals surface area contributed by atoms with Crippen molar-refractivity contribution in [3.8, 4) is 0 Å². The van der Waals surface area contributed by atoms with Gasteiger partial charge in [0.1, 0.15) is 0 Å². The van der Waals surface area contributed by atoms with Crippen molar-refractivity contribution in [2.24, 2.45) is 63.1 Å². The summed E-state index contributed by atoms with van der Waals surface area (Å²) >= 11 is 0. The Morgan fingerprint density at radius 2 is 1.15 bits per heavy atom. The van der Waals surface area contributed by atoms with Gasteiger partial charge < -0.3 is 18.9 Å². The molecule has 0 radical (unpaired) electrons. The molecule has 0 aromatic carbocycles. The van der Waals surface area contributed by atoms with Crippen LogP contribution in [0.15, 0.2) is 0 Å². The molecule has 226 valence electrons. The maximum Gasteiger partial charge on any atom is 0.164 e. The molecule has 14 atom stereocenters. The van der Waals surface area contributed by atoms with Gasteiger partial charge >= 0.3 is 0 Å². The number of hydrogen-bond donors (Lipinski definition) is 0. The molecule has 2 saturated heterocycles. The molecule has 4 heteroatoms. The summed E-state index contributed by atoms with van der Waals surface area (Å²) in [6.45, 7) is 26.6. The molecule has 0 amide bonds. The van der Waals surface area contributed by atoms with Crippen molar-refractivity contribution >= 4 is 0 Å². The first-order valence-corrected chi connectivity index (χ1v) is 17.1. The van der Waals surface area contributed by atoms with Gasteiger partial charge in [0.25, 0.3) is 0 Å². The van der Waals surface area contributed by atoms with Crippen molar-refractivity contribution in [2.45, 2.75) is 163 Å². The van der Waals surface area contributed by atoms with Crippen LogP contribution < -0.4 is 0 Å². The van der Waals surface area contributed by atoms with Crippen molar-refractivity contribution < 1.29 is 18.9 Å². The van der Waals surface area contributed by atoms with E-state index in [2.05, 4.69) is 76.2 Å². The van der Waals surface area contributed by atoms with Gasteiger partial charge in [0.15, 0.2) is 11.6 Å². The van der Waals surface area contributed by atoms with Gasteiger partial charge in [-0.1, -0.05) is 34.6 Å². The number of fused-ring (bicyclic) bond motifs is 6. The molecule has 8 aliphatic rings. The number of rotatable bonds is 2. The van der Waals surface area contributed by atoms with E-state index in [1.807, 2.05) is 0 Å². The number of hydrogen-bond acceptors (Lipinski definition) is 4. The van der Waals surface area contributed by atoms with E-state index in [-0.39, 0.29) is 28.8 Å². The topological polar surface area (TPSA) is 36.9 Å². The molecule has 4 nitrogen and oxygen atoms in total. The van der Waals surface area contributed by atoms with Crippen LogP contribution in [0.2, 0.25) is 0 Å². The third-order valence-electron chi connectivity index (χ3n) is 16.0. The summed E-state index contributed by atoms with van der Waals surface area (Å²) in [6.07, 6.45) is 11.1. The van der Waals surface area contributed by atoms with Gasteiger partial charge in [0.2, 0.25) is 0 Å². The van der Waals surface area contributed by atoms with Gasteiger partial charge in [0.05, 0.1) is 23.4 Å². The molecule has 0 N–H and O–H groups in total. The highest BCUT2D eigenvalue weighted by Gasteiger charge is 2.78. The van der Waals surface area contributed by atoms with E-state index < -0.39 is 11.6 Å². The standard InChI is InChI=1S/C36H58O4/c1-20-12-13-23-32(9,25-17-35(20,23)18-26-34(25,11)40-31(7,8)37-26)15-22-14-21(2)36-16-24(29(3,4)28(22)36)33(10)27(19-36)38-30(5,6)39-33/h20-28H,12-19H2,1-11H3/t20-,21-,22?,23+,24?,25-,26-,27+,28+,32?,33+,34-,35-,36-/m1/s1. The average Bonchev–Trinajstić information content (AvgIpc) is 3.52. The number of ether oxygens (including phenoxy) is 4. The third-order valence-corrected chi connectivity index (χ3v) is 16.0. The van der Waals surface area contributed by atoms with Crippen molar-refractivity contribution in [3.63, 3.8) is 0 Å². The minimum absolute atomic E-state index is 0.172. The Bertz CT molecular complexity index is 1130. The van der Waals surface area contributed by atoms with Crippen LogP contribution >= 0.6 is 0 Å². The Balaban J connectivity index is 1.18. The maximum absolute atomic E-state index is 6.97. The predicted molar refractivity (Wildman–Crippen MR) is 156 cm³/mol. The fraction of sp³-hybridized carbons (Fsp3) is 1.00. The van der Waals surface area contributed by atoms with Crippen molar-refractivity contribution in [1.29, 1.82) is 0 Å². The molecule has 4 bridgehead atoms. The summed E-state index contributed by atoms with van der Waals surface area (Å²) in [7, 11) is 0. The Hall–Kier alpha value is -0.160. The minimum atomic E-state index is -0.476. The first kappa shape index (κ1) is 27.4. The third kappa shape index (κ3) is 2.95. The van der Waals surface area contributed by atoms with Crippen molar-refractivity contribution in [1.82, 2.24) is 0 Å². The van der Waals surface area contributed by atoms with E-state index in [1.165, 1.54) is 51.4 Å². The second-order valence-electron chi connectivity index (χ2n) is 18.9. The van der Waals surface area contributed by atoms with Crippen LogP contribution in [-0.2, 0) is 18.9 Å². The van der Waals surface area contributed by atoms with Gasteiger partial charge in [0, 0.05) is 0 Å². The molecule has 6 aliphatic carbocycles. The van der Waals surface area contributed by atoms with Crippen LogP contribution in [0, 0.1) is 63.1 Å². The zero-order chi connectivity index (χ0) is 28.7. The van der Waals surface area contributed by atoms with E-state index in [1.54, 1.807) is 0 Å². The first-order valence-electron chi connectivity index (χ1n) is 17.1. The fourth-order valence-corrected chi connectivity index (χ4v) is 15.3. The Labute approximate surface area is 244 Å². The van der Waals surface area contributed by atoms with E-state index in [0.29, 0.717) is 28.1 Å². The normalized spacial score (nSPS) is 63.2. The summed E-state index contributed by atoms with van der Waals surface area (Å²) in [6, 6.07) is 0. The monoisotopic (exact) mass is 554 g/mol. The second kappa shape index (κ2) is 7.37. The average molecular weight is 555 g/mol. The Morgan fingerprint density at radius 3 is 1.77 bits per heavy atom. The predicted octanol–water partition coefficient (Wildman–Crippen LogP) is 8.37. The summed E-state index contributed by atoms with van der Waals surface area (Å²) in [5.41, 5.74) is 1.03. The molecule has 0 aromatic heterocycles. The van der Waals surface area contributed by atoms with Gasteiger partial charge in [-0.25, -0.2) is 0 Å². The van der Waals surface area contributed by atoms with Crippen LogP contribution in [0.25, 0.3) is 0 Å². The Morgan fingerprint density at radius 1 is 0.600 bits per heavy atom. The molecule has 2 heterocycles. The fourth-order valence-electron chi connectivity index (χ4n) is 15.3. The molecule has 3 unspecified atom stereocenters. The van der Waals surface area contributed by atoms with Crippen molar-refractivity contribution in [3.05, 3.63) is 0 Å². The van der Waals surface area contributed by atoms with E-state index >= 15 is 0 Å². The zero-order valence-corrected chi connectivity index (χ0v) is 27.5. The molecule has 2 spiro atoms. The zero-order valence-electron chi connectivity index (χ0n) is 27.5. The molecular formula is C36H58O4. The summed E-state index contributed by atoms with van der Waals surface area (Å²) < 4.78 is 27.3. The smallest absolute Gasteiger partial charge is 0.164 e. The molecule has 0 aromatic rings. The second-order valence-corrected chi connectivity index (χ2v) is 18.9. The minimum Gasteiger partial charge on any atom is -0.344 e. The molecule has 6 saturated carbocycles. The van der Waals surface area contributed by atoms with Crippen LogP contribution in [-0.4, -0.2) is 35.0 Å². The quantitative estimate of drug-likeness (QED) is 0.344. The van der Waals surface area contributed by atoms with Gasteiger partial charge in [-0.2, -0.15) is 0 Å². The maximum atomic E-state index is 6.97. The van der Waals surface area contributed by atoms with E-state index in [9.17, 15) is 0 Å². The van der Waals surface area contributed by atoms with Crippen molar-refractivity contribution in [2.75, 3.05) is 0 Å². The summed E-state index contributed by atoms with van der Waals surface area (Å²) in [4.78, 5) is 0. The Kier molecular flexibility index (Phi) is 5.05. The lowest BCUT2D eigenvalue weighted by molar-refractivity contribution is -0.180. The van der Waals surface area contributed by atoms with Crippen LogP contribution in [0.3, 0.4) is 0 Å². The highest BCUT2D eigenvalue weighted by Crippen LogP contribution is 2.81. The molecule has 8 rings (SSSR count). The van der Waals surface area contributed by atoms with E-state index in [4.69, 9.17) is 18.9 Å². The summed E-state index contributed by atoms with van der Waals surface area (Å²) in [5.74, 6) is 4.04. The lowest BCUT2D eigenvalue weighted by Crippen LogP contribution is -2.53. The lowest BCUT2D eigenvalue weighted by Gasteiger charge is -2.49. The highest BCUT2D eigenvalue weighted by molar-refractivity contribution is 5.26. The molecular weight excluding hydrogens is 496 g/mol. The van der Waals surface area contributed by atoms with Gasteiger partial charge in [-0.3, -0.25) is 0 Å². The van der Waals surface area contributed by atoms with Crippen LogP contribution in [0.1, 0.15) is 128 Å². The van der Waals surface area contributed by atoms with Crippen LogP contribution in [0.4, 0.5) is 0 Å². The van der Waals surface area contributed by atoms with E-state index in [0.717, 1.165) is 29.6 Å². The summed E-state index contributed by atoms with van der Waals surface area (Å²) in [5, 5.41) is 0. The lowest BCUT2D eigenvalue weighted by atomic mass is 9.58. The molecule has 2 aliphatic heterocycles. The largest absolute Gasteiger partial charge is 0.344 e. The molecule has 8 fully saturated rings. The first-order chi connectivity index (χ1) is 18.3. The van der Waals surface area contributed by atoms with Gasteiger partial charge in [-0.15, -0.1) is 0 Å². The SMILES string of the molecule is C[C@@H]1CC(CC2(C)[C@H]3C[C@@]4(C[C@H]5OC(C)(C)O[C@]35C)[C@H](C)CC[C@@H]24)[C@H]2C(C)(C)C3C[C@@]12C[C@@H]1OC(C)(C)O[C@@]31C.